The number of ether oxygens (including phenoxy) is 1. The van der Waals surface area contributed by atoms with Crippen LogP contribution in [0.2, 0.25) is 0 Å². The molecule has 0 radical (unpaired) electrons. The monoisotopic (exact) mass is 418 g/mol. The predicted molar refractivity (Wildman–Crippen MR) is 108 cm³/mol. The van der Waals surface area contributed by atoms with Crippen LogP contribution < -0.4 is 5.32 Å². The number of carbonyl (C=O) groups is 2. The van der Waals surface area contributed by atoms with E-state index in [0.717, 1.165) is 40.2 Å². The number of nitrogens with zero attached hydrogens (tertiary/aromatic N) is 1. The fraction of sp³-hybridized carbons (Fsp3) is 0.286. The highest BCUT2D eigenvalue weighted by Gasteiger charge is 2.20. The zero-order chi connectivity index (χ0) is 20.8. The van der Waals surface area contributed by atoms with E-state index in [0.29, 0.717) is 6.42 Å². The molecule has 1 atom stereocenters. The summed E-state index contributed by atoms with van der Waals surface area (Å²) < 4.78 is 33.4. The molecule has 3 rings (SSSR count). The van der Waals surface area contributed by atoms with E-state index in [1.165, 1.54) is 13.0 Å². The molecule has 2 aromatic carbocycles. The van der Waals surface area contributed by atoms with Crippen LogP contribution in [0.5, 0.6) is 0 Å². The molecule has 0 saturated carbocycles. The largest absolute Gasteiger partial charge is 0.453 e. The first kappa shape index (κ1) is 20.9. The third-order valence-electron chi connectivity index (χ3n) is 4.25. The number of thiazole rings is 1. The van der Waals surface area contributed by atoms with E-state index < -0.39 is 35.3 Å². The lowest BCUT2D eigenvalue weighted by Gasteiger charge is -2.14. The number of fused-ring (bicyclic) bond motifs is 1. The van der Waals surface area contributed by atoms with Crippen molar-refractivity contribution in [2.24, 2.45) is 0 Å². The average molecular weight is 418 g/mol. The third-order valence-corrected chi connectivity index (χ3v) is 5.34. The van der Waals surface area contributed by atoms with Gasteiger partial charge >= 0.3 is 5.97 Å². The standard InChI is InChI=1S/C21H20F2N2O3S/c1-13(21(27)25-20-14(22)7-6-8-15(20)23)28-19(26)12-5-4-11-18-24-16-9-2-3-10-17(16)29-18/h2-3,6-10,13H,4-5,11-12H2,1H3,(H,25,27)/t13-/m1/s1. The molecule has 1 amide bonds. The molecule has 0 aliphatic carbocycles. The molecular weight excluding hydrogens is 398 g/mol. The average Bonchev–Trinajstić information content (AvgIpc) is 3.11. The van der Waals surface area contributed by atoms with Gasteiger partial charge in [0.05, 0.1) is 15.2 Å². The van der Waals surface area contributed by atoms with E-state index in [1.807, 2.05) is 24.3 Å². The number of hydrogen-bond acceptors (Lipinski definition) is 5. The lowest BCUT2D eigenvalue weighted by atomic mass is 10.2. The van der Waals surface area contributed by atoms with Gasteiger partial charge in [-0.05, 0) is 50.5 Å². The molecule has 1 aromatic heterocycles. The Morgan fingerprint density at radius 3 is 2.55 bits per heavy atom. The van der Waals surface area contributed by atoms with Crippen LogP contribution in [-0.2, 0) is 20.7 Å². The van der Waals surface area contributed by atoms with Crippen molar-refractivity contribution in [1.82, 2.24) is 4.98 Å². The van der Waals surface area contributed by atoms with Crippen molar-refractivity contribution in [3.05, 3.63) is 59.1 Å². The highest BCUT2D eigenvalue weighted by atomic mass is 32.1. The molecule has 8 heteroatoms. The zero-order valence-corrected chi connectivity index (χ0v) is 16.6. The van der Waals surface area contributed by atoms with Crippen LogP contribution in [0.15, 0.2) is 42.5 Å². The van der Waals surface area contributed by atoms with Crippen molar-refractivity contribution >= 4 is 39.1 Å². The van der Waals surface area contributed by atoms with Crippen LogP contribution in [0.4, 0.5) is 14.5 Å². The number of esters is 1. The van der Waals surface area contributed by atoms with E-state index in [2.05, 4.69) is 10.3 Å². The lowest BCUT2D eigenvalue weighted by Crippen LogP contribution is -2.30. The van der Waals surface area contributed by atoms with E-state index in [9.17, 15) is 18.4 Å². The van der Waals surface area contributed by atoms with Crippen LogP contribution in [0.25, 0.3) is 10.2 Å². The van der Waals surface area contributed by atoms with Gasteiger partial charge in [-0.2, -0.15) is 0 Å². The Morgan fingerprint density at radius 1 is 1.10 bits per heavy atom. The fourth-order valence-corrected chi connectivity index (χ4v) is 3.73. The minimum Gasteiger partial charge on any atom is -0.453 e. The first-order valence-electron chi connectivity index (χ1n) is 9.23. The number of aryl methyl sites for hydroxylation is 1. The second-order valence-corrected chi connectivity index (χ2v) is 7.62. The summed E-state index contributed by atoms with van der Waals surface area (Å²) in [4.78, 5) is 28.5. The van der Waals surface area contributed by atoms with Crippen molar-refractivity contribution < 1.29 is 23.1 Å². The summed E-state index contributed by atoms with van der Waals surface area (Å²) >= 11 is 1.63. The Kier molecular flexibility index (Phi) is 6.87. The molecular formula is C21H20F2N2O3S. The van der Waals surface area contributed by atoms with Crippen molar-refractivity contribution in [2.75, 3.05) is 5.32 Å². The van der Waals surface area contributed by atoms with E-state index in [1.54, 1.807) is 11.3 Å². The maximum atomic E-state index is 13.6. The highest BCUT2D eigenvalue weighted by molar-refractivity contribution is 7.18. The smallest absolute Gasteiger partial charge is 0.306 e. The predicted octanol–water partition coefficient (Wildman–Crippen LogP) is 4.86. The van der Waals surface area contributed by atoms with Crippen LogP contribution in [0.3, 0.4) is 0 Å². The van der Waals surface area contributed by atoms with Gasteiger partial charge in [0.15, 0.2) is 6.10 Å². The minimum absolute atomic E-state index is 0.149. The molecule has 5 nitrogen and oxygen atoms in total. The summed E-state index contributed by atoms with van der Waals surface area (Å²) in [5.41, 5.74) is 0.411. The summed E-state index contributed by atoms with van der Waals surface area (Å²) in [5, 5.41) is 3.13. The maximum Gasteiger partial charge on any atom is 0.306 e. The number of unbranched alkanes of at least 4 members (excludes halogenated alkanes) is 1. The SMILES string of the molecule is C[C@@H](OC(=O)CCCCc1nc2ccccc2s1)C(=O)Nc1c(F)cccc1F. The maximum absolute atomic E-state index is 13.6. The number of hydrogen-bond donors (Lipinski definition) is 1. The molecule has 152 valence electrons. The lowest BCUT2D eigenvalue weighted by molar-refractivity contribution is -0.153. The van der Waals surface area contributed by atoms with Crippen LogP contribution in [0, 0.1) is 11.6 Å². The van der Waals surface area contributed by atoms with Crippen molar-refractivity contribution in [3.63, 3.8) is 0 Å². The quantitative estimate of drug-likeness (QED) is 0.419. The van der Waals surface area contributed by atoms with Crippen molar-refractivity contribution in [3.8, 4) is 0 Å². The Labute approximate surface area is 170 Å². The van der Waals surface area contributed by atoms with Crippen molar-refractivity contribution in [2.45, 2.75) is 38.7 Å². The van der Waals surface area contributed by atoms with Crippen LogP contribution >= 0.6 is 11.3 Å². The van der Waals surface area contributed by atoms with Gasteiger partial charge in [-0.25, -0.2) is 13.8 Å². The van der Waals surface area contributed by atoms with Gasteiger partial charge < -0.3 is 10.1 Å². The summed E-state index contributed by atoms with van der Waals surface area (Å²) in [5.74, 6) is -3.12. The van der Waals surface area contributed by atoms with E-state index in [-0.39, 0.29) is 6.42 Å². The van der Waals surface area contributed by atoms with Gasteiger partial charge in [0.1, 0.15) is 17.3 Å². The third kappa shape index (κ3) is 5.57. The number of aromatic nitrogens is 1. The molecule has 0 spiro atoms. The van der Waals surface area contributed by atoms with E-state index >= 15 is 0 Å². The summed E-state index contributed by atoms with van der Waals surface area (Å²) in [6.07, 6.45) is 1.10. The molecule has 0 fully saturated rings. The number of amides is 1. The Bertz CT molecular complexity index is 969. The number of anilines is 1. The van der Waals surface area contributed by atoms with Crippen LogP contribution in [-0.4, -0.2) is 23.0 Å². The normalized spacial score (nSPS) is 12.0. The molecule has 1 heterocycles. The molecule has 29 heavy (non-hydrogen) atoms. The van der Waals surface area contributed by atoms with Gasteiger partial charge in [0.25, 0.3) is 5.91 Å². The van der Waals surface area contributed by atoms with E-state index in [4.69, 9.17) is 4.74 Å². The molecule has 3 aromatic rings. The van der Waals surface area contributed by atoms with Gasteiger partial charge in [-0.3, -0.25) is 9.59 Å². The van der Waals surface area contributed by atoms with Gasteiger partial charge in [0, 0.05) is 6.42 Å². The van der Waals surface area contributed by atoms with Gasteiger partial charge in [-0.15, -0.1) is 11.3 Å². The number of rotatable bonds is 8. The molecule has 1 N–H and O–H groups in total. The topological polar surface area (TPSA) is 68.3 Å². The molecule has 0 bridgehead atoms. The summed E-state index contributed by atoms with van der Waals surface area (Å²) in [6, 6.07) is 11.2. The van der Waals surface area contributed by atoms with Crippen molar-refractivity contribution in [1.29, 1.82) is 0 Å². The van der Waals surface area contributed by atoms with Crippen LogP contribution in [0.1, 0.15) is 31.2 Å². The number of nitrogens with one attached hydrogen (secondary N) is 1. The number of para-hydroxylation sites is 2. The summed E-state index contributed by atoms with van der Waals surface area (Å²) in [6.45, 7) is 1.35. The second-order valence-electron chi connectivity index (χ2n) is 6.50. The second kappa shape index (κ2) is 9.56. The number of halogens is 2. The zero-order valence-electron chi connectivity index (χ0n) is 15.8. The molecule has 0 aliphatic heterocycles. The highest BCUT2D eigenvalue weighted by Crippen LogP contribution is 2.23. The Balaban J connectivity index is 1.41. The molecule has 0 aliphatic rings. The Hall–Kier alpha value is -2.87. The molecule has 0 unspecified atom stereocenters. The molecule has 0 saturated heterocycles. The number of benzene rings is 2. The summed E-state index contributed by atoms with van der Waals surface area (Å²) in [7, 11) is 0. The van der Waals surface area contributed by atoms with Gasteiger partial charge in [0.2, 0.25) is 0 Å². The minimum atomic E-state index is -1.16. The van der Waals surface area contributed by atoms with Gasteiger partial charge in [-0.1, -0.05) is 18.2 Å². The fourth-order valence-electron chi connectivity index (χ4n) is 2.72. The first-order valence-corrected chi connectivity index (χ1v) is 10.0. The first-order chi connectivity index (χ1) is 13.9. The number of carbonyl (C=O) groups excluding carboxylic acids is 2. The Morgan fingerprint density at radius 2 is 1.83 bits per heavy atom.